The summed E-state index contributed by atoms with van der Waals surface area (Å²) in [5, 5.41) is 16.9. The number of nitro benzene ring substituents is 1. The lowest BCUT2D eigenvalue weighted by atomic mass is 10.1. The molecule has 9 nitrogen and oxygen atoms in total. The van der Waals surface area contributed by atoms with E-state index in [9.17, 15) is 19.7 Å². The predicted molar refractivity (Wildman–Crippen MR) is 99.0 cm³/mol. The minimum absolute atomic E-state index is 0.103. The summed E-state index contributed by atoms with van der Waals surface area (Å²) in [6, 6.07) is 12.0. The summed E-state index contributed by atoms with van der Waals surface area (Å²) in [6.45, 7) is 1.56. The number of rotatable bonds is 4. The molecule has 1 amide bonds. The van der Waals surface area contributed by atoms with Gasteiger partial charge in [-0.25, -0.2) is 0 Å². The van der Waals surface area contributed by atoms with Crippen LogP contribution in [-0.2, 0) is 9.59 Å². The molecule has 0 saturated carbocycles. The van der Waals surface area contributed by atoms with Crippen LogP contribution in [0.1, 0.15) is 6.92 Å². The topological polar surface area (TPSA) is 115 Å². The number of anilines is 1. The second-order valence-corrected chi connectivity index (χ2v) is 6.14. The van der Waals surface area contributed by atoms with Crippen LogP contribution in [0.15, 0.2) is 64.3 Å². The van der Waals surface area contributed by atoms with Gasteiger partial charge in [0.25, 0.3) is 11.6 Å². The van der Waals surface area contributed by atoms with Gasteiger partial charge in [0.1, 0.15) is 11.3 Å². The third-order valence-corrected chi connectivity index (χ3v) is 4.32. The minimum Gasteiger partial charge on any atom is -0.464 e. The van der Waals surface area contributed by atoms with E-state index < -0.39 is 22.7 Å². The van der Waals surface area contributed by atoms with Crippen molar-refractivity contribution >= 4 is 39.9 Å². The van der Waals surface area contributed by atoms with E-state index in [0.29, 0.717) is 11.3 Å². The fourth-order valence-electron chi connectivity index (χ4n) is 2.91. The number of hydrazone groups is 1. The fraction of sp³-hybridized carbons (Fsp3) is 0.105. The van der Waals surface area contributed by atoms with Crippen LogP contribution in [0.4, 0.5) is 11.4 Å². The Balaban J connectivity index is 1.53. The minimum atomic E-state index is -1.19. The summed E-state index contributed by atoms with van der Waals surface area (Å²) in [5.74, 6) is -2.44. The van der Waals surface area contributed by atoms with Gasteiger partial charge in [-0.15, -0.1) is 0 Å². The molecule has 2 heterocycles. The average molecular weight is 379 g/mol. The first-order chi connectivity index (χ1) is 13.4. The summed E-state index contributed by atoms with van der Waals surface area (Å²) in [6.07, 6.45) is 1.54. The maximum absolute atomic E-state index is 12.8. The normalized spacial score (nSPS) is 16.3. The number of esters is 1. The van der Waals surface area contributed by atoms with E-state index >= 15 is 0 Å². The number of furan rings is 1. The lowest BCUT2D eigenvalue weighted by Gasteiger charge is -2.14. The smallest absolute Gasteiger partial charge is 0.329 e. The van der Waals surface area contributed by atoms with Gasteiger partial charge in [0.05, 0.1) is 22.6 Å². The zero-order valence-electron chi connectivity index (χ0n) is 14.6. The molecule has 0 saturated heterocycles. The molecule has 28 heavy (non-hydrogen) atoms. The third kappa shape index (κ3) is 2.98. The van der Waals surface area contributed by atoms with Crippen molar-refractivity contribution in [2.75, 3.05) is 5.01 Å². The molecule has 140 valence electrons. The number of nitrogens with zero attached hydrogens (tertiary/aromatic N) is 3. The van der Waals surface area contributed by atoms with Crippen molar-refractivity contribution in [3.8, 4) is 5.75 Å². The van der Waals surface area contributed by atoms with E-state index in [4.69, 9.17) is 9.15 Å². The third-order valence-electron chi connectivity index (χ3n) is 4.32. The molecule has 9 heteroatoms. The average Bonchev–Trinajstić information content (AvgIpc) is 3.25. The molecular formula is C19H13N3O6. The van der Waals surface area contributed by atoms with Crippen molar-refractivity contribution < 1.29 is 23.7 Å². The quantitative estimate of drug-likeness (QED) is 0.226. The monoisotopic (exact) mass is 379 g/mol. The zero-order chi connectivity index (χ0) is 19.8. The second kappa shape index (κ2) is 6.62. The molecule has 0 spiro atoms. The molecule has 3 aromatic rings. The number of fused-ring (bicyclic) bond motifs is 1. The molecule has 1 aliphatic heterocycles. The van der Waals surface area contributed by atoms with Crippen LogP contribution in [-0.4, -0.2) is 22.5 Å². The Morgan fingerprint density at radius 1 is 1.21 bits per heavy atom. The van der Waals surface area contributed by atoms with E-state index in [1.807, 2.05) is 0 Å². The van der Waals surface area contributed by atoms with Crippen molar-refractivity contribution in [3.63, 3.8) is 0 Å². The van der Waals surface area contributed by atoms with E-state index in [-0.39, 0.29) is 17.1 Å². The van der Waals surface area contributed by atoms with Crippen LogP contribution in [0.2, 0.25) is 0 Å². The Hall–Kier alpha value is -4.01. The van der Waals surface area contributed by atoms with E-state index in [0.717, 1.165) is 10.4 Å². The molecule has 1 aromatic heterocycles. The number of amides is 1. The molecule has 2 aromatic carbocycles. The first-order valence-electron chi connectivity index (χ1n) is 8.26. The molecular weight excluding hydrogens is 366 g/mol. The van der Waals surface area contributed by atoms with Crippen molar-refractivity contribution in [1.82, 2.24) is 0 Å². The van der Waals surface area contributed by atoms with E-state index in [2.05, 4.69) is 5.10 Å². The highest BCUT2D eigenvalue weighted by atomic mass is 16.6. The van der Waals surface area contributed by atoms with Gasteiger partial charge in [0.2, 0.25) is 0 Å². The highest BCUT2D eigenvalue weighted by molar-refractivity contribution is 6.25. The van der Waals surface area contributed by atoms with Crippen LogP contribution in [0.3, 0.4) is 0 Å². The molecule has 0 bridgehead atoms. The van der Waals surface area contributed by atoms with Gasteiger partial charge < -0.3 is 9.15 Å². The zero-order valence-corrected chi connectivity index (χ0v) is 14.6. The van der Waals surface area contributed by atoms with Crippen LogP contribution in [0.5, 0.6) is 5.75 Å². The molecule has 0 fully saturated rings. The number of carbonyl (C=O) groups is 2. The number of carbonyl (C=O) groups excluding carboxylic acids is 2. The Kier molecular flexibility index (Phi) is 4.11. The maximum atomic E-state index is 12.8. The summed E-state index contributed by atoms with van der Waals surface area (Å²) < 4.78 is 10.5. The molecule has 0 aliphatic carbocycles. The lowest BCUT2D eigenvalue weighted by molar-refractivity contribution is -0.384. The van der Waals surface area contributed by atoms with E-state index in [1.165, 1.54) is 24.3 Å². The predicted octanol–water partition coefficient (Wildman–Crippen LogP) is 3.29. The highest BCUT2D eigenvalue weighted by Gasteiger charge is 2.41. The van der Waals surface area contributed by atoms with Gasteiger partial charge in [-0.3, -0.25) is 19.7 Å². The number of hydrogen-bond donors (Lipinski definition) is 0. The van der Waals surface area contributed by atoms with Gasteiger partial charge in [0, 0.05) is 23.6 Å². The SMILES string of the molecule is CC1=NN(c2ccc3ccoc3c2)C(=O)C1C(=O)Oc1ccc([N+](=O)[O-])cc1. The Labute approximate surface area is 157 Å². The molecule has 1 aliphatic rings. The summed E-state index contributed by atoms with van der Waals surface area (Å²) >= 11 is 0. The first kappa shape index (κ1) is 17.4. The Bertz CT molecular complexity index is 1130. The number of ether oxygens (including phenoxy) is 1. The maximum Gasteiger partial charge on any atom is 0.329 e. The number of nitro groups is 1. The van der Waals surface area contributed by atoms with Crippen LogP contribution < -0.4 is 9.75 Å². The number of non-ortho nitro benzene ring substituents is 1. The highest BCUT2D eigenvalue weighted by Crippen LogP contribution is 2.29. The van der Waals surface area contributed by atoms with Gasteiger partial charge in [-0.05, 0) is 37.3 Å². The largest absolute Gasteiger partial charge is 0.464 e. The fourth-order valence-corrected chi connectivity index (χ4v) is 2.91. The van der Waals surface area contributed by atoms with Crippen LogP contribution >= 0.6 is 0 Å². The summed E-state index contributed by atoms with van der Waals surface area (Å²) in [4.78, 5) is 35.4. The van der Waals surface area contributed by atoms with Crippen LogP contribution in [0, 0.1) is 16.0 Å². The molecule has 0 N–H and O–H groups in total. The van der Waals surface area contributed by atoms with E-state index in [1.54, 1.807) is 37.5 Å². The molecule has 4 rings (SSSR count). The molecule has 0 radical (unpaired) electrons. The number of benzene rings is 2. The standard InChI is InChI=1S/C19H13N3O6/c1-11-17(19(24)28-15-6-4-13(5-7-15)22(25)26)18(23)21(20-11)14-3-2-12-8-9-27-16(12)10-14/h2-10,17H,1H3. The molecule has 1 unspecified atom stereocenters. The van der Waals surface area contributed by atoms with Gasteiger partial charge in [-0.2, -0.15) is 10.1 Å². The summed E-state index contributed by atoms with van der Waals surface area (Å²) in [7, 11) is 0. The van der Waals surface area contributed by atoms with Crippen molar-refractivity contribution in [3.05, 3.63) is 64.9 Å². The first-order valence-corrected chi connectivity index (χ1v) is 8.26. The number of hydrogen-bond acceptors (Lipinski definition) is 7. The Morgan fingerprint density at radius 2 is 1.96 bits per heavy atom. The summed E-state index contributed by atoms with van der Waals surface area (Å²) in [5.41, 5.74) is 1.22. The van der Waals surface area contributed by atoms with Crippen molar-refractivity contribution in [2.45, 2.75) is 6.92 Å². The van der Waals surface area contributed by atoms with Gasteiger partial charge in [-0.1, -0.05) is 0 Å². The van der Waals surface area contributed by atoms with Crippen molar-refractivity contribution in [2.24, 2.45) is 11.0 Å². The second-order valence-electron chi connectivity index (χ2n) is 6.14. The van der Waals surface area contributed by atoms with Crippen molar-refractivity contribution in [1.29, 1.82) is 0 Å². The lowest BCUT2D eigenvalue weighted by Crippen LogP contribution is -2.35. The van der Waals surface area contributed by atoms with Gasteiger partial charge in [0.15, 0.2) is 5.92 Å². The van der Waals surface area contributed by atoms with Crippen LogP contribution in [0.25, 0.3) is 11.0 Å². The molecule has 1 atom stereocenters. The van der Waals surface area contributed by atoms with Gasteiger partial charge >= 0.3 is 5.97 Å². The Morgan fingerprint density at radius 3 is 2.68 bits per heavy atom.